The number of piperidine rings is 1. The number of ether oxygens (including phenoxy) is 2. The summed E-state index contributed by atoms with van der Waals surface area (Å²) < 4.78 is 10.5. The Balaban J connectivity index is 0.00000420. The number of hydrogen-bond donors (Lipinski definition) is 2. The number of benzene rings is 3. The van der Waals surface area contributed by atoms with E-state index in [0.29, 0.717) is 5.56 Å². The Hall–Kier alpha value is -4.17. The topological polar surface area (TPSA) is 91.3 Å². The lowest BCUT2D eigenvalue weighted by Crippen LogP contribution is -2.40. The zero-order valence-electron chi connectivity index (χ0n) is 22.3. The molecule has 3 aromatic rings. The Kier molecular flexibility index (Phi) is 10.2. The van der Waals surface area contributed by atoms with E-state index in [4.69, 9.17) is 9.47 Å². The molecule has 1 saturated heterocycles. The number of carbonyl (C=O) groups excluding carboxylic acids is 1. The molecule has 2 N–H and O–H groups in total. The average molecular weight is 552 g/mol. The van der Waals surface area contributed by atoms with Crippen molar-refractivity contribution in [1.29, 1.82) is 0 Å². The lowest BCUT2D eigenvalue weighted by atomic mass is 10.1. The molecule has 8 nitrogen and oxygen atoms in total. The van der Waals surface area contributed by atoms with Crippen LogP contribution < -0.4 is 24.8 Å². The van der Waals surface area contributed by atoms with Crippen molar-refractivity contribution in [2.45, 2.75) is 26.2 Å². The highest BCUT2D eigenvalue weighted by Crippen LogP contribution is 2.38. The molecule has 0 radical (unpaired) electrons. The van der Waals surface area contributed by atoms with Gasteiger partial charge in [0.25, 0.3) is 5.91 Å². The molecule has 39 heavy (non-hydrogen) atoms. The molecular formula is C30H34ClN3O5. The number of methoxy groups -OCH3 is 2. The summed E-state index contributed by atoms with van der Waals surface area (Å²) >= 11 is 0. The van der Waals surface area contributed by atoms with Gasteiger partial charge in [0, 0.05) is 19.2 Å². The minimum Gasteiger partial charge on any atom is -0.497 e. The number of amides is 1. The number of carboxylic acids is 1. The largest absolute Gasteiger partial charge is 0.497 e. The molecule has 3 aromatic carbocycles. The van der Waals surface area contributed by atoms with E-state index in [1.54, 1.807) is 25.3 Å². The summed E-state index contributed by atoms with van der Waals surface area (Å²) in [6.45, 7) is 3.97. The number of aromatic carboxylic acids is 1. The Morgan fingerprint density at radius 2 is 1.69 bits per heavy atom. The number of para-hydroxylation sites is 1. The lowest BCUT2D eigenvalue weighted by molar-refractivity contribution is -0.116. The second kappa shape index (κ2) is 13.6. The van der Waals surface area contributed by atoms with Crippen LogP contribution in [0.1, 0.15) is 40.7 Å². The number of carboxylic acid groups (broad SMARTS) is 1. The third-order valence-corrected chi connectivity index (χ3v) is 6.57. The van der Waals surface area contributed by atoms with Gasteiger partial charge < -0.3 is 19.5 Å². The summed E-state index contributed by atoms with van der Waals surface area (Å²) in [6.07, 6.45) is 6.54. The van der Waals surface area contributed by atoms with Gasteiger partial charge in [-0.25, -0.2) is 4.79 Å². The maximum atomic E-state index is 13.2. The highest BCUT2D eigenvalue weighted by atomic mass is 35.5. The first-order valence-corrected chi connectivity index (χ1v) is 12.6. The zero-order valence-corrected chi connectivity index (χ0v) is 23.2. The van der Waals surface area contributed by atoms with Crippen LogP contribution >= 0.6 is 12.4 Å². The zero-order chi connectivity index (χ0) is 27.1. The number of rotatable bonds is 9. The molecule has 0 atom stereocenters. The van der Waals surface area contributed by atoms with Gasteiger partial charge in [0.05, 0.1) is 31.3 Å². The number of nitrogens with zero attached hydrogens (tertiary/aromatic N) is 2. The van der Waals surface area contributed by atoms with Crippen molar-refractivity contribution in [2.24, 2.45) is 0 Å². The van der Waals surface area contributed by atoms with Crippen LogP contribution in [0.25, 0.3) is 6.08 Å². The van der Waals surface area contributed by atoms with Crippen molar-refractivity contribution in [3.63, 3.8) is 0 Å². The van der Waals surface area contributed by atoms with E-state index in [-0.39, 0.29) is 29.6 Å². The average Bonchev–Trinajstić information content (AvgIpc) is 2.95. The normalized spacial score (nSPS) is 12.9. The van der Waals surface area contributed by atoms with E-state index in [9.17, 15) is 14.7 Å². The smallest absolute Gasteiger partial charge is 0.339 e. The van der Waals surface area contributed by atoms with Crippen molar-refractivity contribution in [3.8, 4) is 11.5 Å². The first-order valence-electron chi connectivity index (χ1n) is 12.6. The van der Waals surface area contributed by atoms with E-state index in [1.165, 1.54) is 25.7 Å². The van der Waals surface area contributed by atoms with Gasteiger partial charge in [0.2, 0.25) is 0 Å². The summed E-state index contributed by atoms with van der Waals surface area (Å²) in [4.78, 5) is 27.0. The summed E-state index contributed by atoms with van der Waals surface area (Å²) in [5.74, 6) is -0.464. The van der Waals surface area contributed by atoms with Crippen molar-refractivity contribution in [1.82, 2.24) is 5.43 Å². The van der Waals surface area contributed by atoms with Crippen LogP contribution in [0.15, 0.2) is 66.7 Å². The van der Waals surface area contributed by atoms with E-state index < -0.39 is 5.97 Å². The van der Waals surface area contributed by atoms with E-state index in [1.807, 2.05) is 48.3 Å². The van der Waals surface area contributed by atoms with Crippen LogP contribution in [-0.2, 0) is 4.79 Å². The van der Waals surface area contributed by atoms with Crippen LogP contribution in [0.5, 0.6) is 11.5 Å². The molecule has 1 aliphatic heterocycles. The minimum absolute atomic E-state index is 0. The predicted octanol–water partition coefficient (Wildman–Crippen LogP) is 6.01. The van der Waals surface area contributed by atoms with Crippen molar-refractivity contribution in [3.05, 3.63) is 83.4 Å². The molecule has 0 aromatic heterocycles. The van der Waals surface area contributed by atoms with Crippen molar-refractivity contribution < 1.29 is 24.2 Å². The summed E-state index contributed by atoms with van der Waals surface area (Å²) in [5, 5.41) is 11.1. The standard InChI is InChI=1S/C30H33N3O5.ClH/c1-21-8-7-9-26(32-18-5-4-6-19-32)29(21)33(23-12-14-24(37-2)15-13-23)31-28(34)17-11-22-10-16-25(30(35)36)27(20-22)38-3;/h7-17,20H,4-6,18-19H2,1-3H3,(H,31,34)(H,35,36);1H/b17-11+;. The highest BCUT2D eigenvalue weighted by Gasteiger charge is 2.22. The van der Waals surface area contributed by atoms with Crippen LogP contribution in [0.3, 0.4) is 0 Å². The first kappa shape index (κ1) is 29.4. The SMILES string of the molecule is COc1ccc(N(NC(=O)/C=C/c2ccc(C(=O)O)c(OC)c2)c2c(C)cccc2N2CCCCC2)cc1.Cl. The number of aryl methyl sites for hydroxylation is 1. The number of anilines is 3. The fraction of sp³-hybridized carbons (Fsp3) is 0.267. The van der Waals surface area contributed by atoms with Gasteiger partial charge in [-0.2, -0.15) is 0 Å². The summed E-state index contributed by atoms with van der Waals surface area (Å²) in [5.41, 5.74) is 7.55. The third kappa shape index (κ3) is 7.03. The van der Waals surface area contributed by atoms with Crippen LogP contribution in [-0.4, -0.2) is 44.3 Å². The van der Waals surface area contributed by atoms with Gasteiger partial charge in [0.15, 0.2) is 0 Å². The fourth-order valence-electron chi connectivity index (χ4n) is 4.61. The van der Waals surface area contributed by atoms with Gasteiger partial charge in [0.1, 0.15) is 17.1 Å². The first-order chi connectivity index (χ1) is 18.4. The maximum Gasteiger partial charge on any atom is 0.339 e. The molecule has 4 rings (SSSR count). The molecule has 9 heteroatoms. The third-order valence-electron chi connectivity index (χ3n) is 6.57. The molecule has 206 valence electrons. The molecule has 1 fully saturated rings. The van der Waals surface area contributed by atoms with Gasteiger partial charge in [-0.3, -0.25) is 15.2 Å². The molecule has 0 unspecified atom stereocenters. The number of carbonyl (C=O) groups is 2. The molecule has 1 aliphatic rings. The number of hydrazine groups is 1. The van der Waals surface area contributed by atoms with Crippen LogP contribution in [0, 0.1) is 6.92 Å². The van der Waals surface area contributed by atoms with E-state index >= 15 is 0 Å². The molecule has 0 spiro atoms. The van der Waals surface area contributed by atoms with E-state index in [0.717, 1.165) is 54.3 Å². The second-order valence-corrected chi connectivity index (χ2v) is 9.10. The maximum absolute atomic E-state index is 13.2. The molecule has 0 aliphatic carbocycles. The molecule has 0 saturated carbocycles. The lowest BCUT2D eigenvalue weighted by Gasteiger charge is -2.35. The Bertz CT molecular complexity index is 1320. The summed E-state index contributed by atoms with van der Waals surface area (Å²) in [7, 11) is 3.03. The highest BCUT2D eigenvalue weighted by molar-refractivity contribution is 5.96. The van der Waals surface area contributed by atoms with Gasteiger partial charge >= 0.3 is 5.97 Å². The Morgan fingerprint density at radius 3 is 2.33 bits per heavy atom. The number of halogens is 1. The molecular weight excluding hydrogens is 518 g/mol. The number of nitrogens with one attached hydrogen (secondary N) is 1. The number of hydrogen-bond acceptors (Lipinski definition) is 6. The van der Waals surface area contributed by atoms with Gasteiger partial charge in [-0.1, -0.05) is 18.2 Å². The van der Waals surface area contributed by atoms with Crippen molar-refractivity contribution >= 4 is 47.4 Å². The predicted molar refractivity (Wildman–Crippen MR) is 157 cm³/mol. The van der Waals surface area contributed by atoms with Gasteiger partial charge in [-0.05, 0) is 85.9 Å². The molecule has 1 heterocycles. The Labute approximate surface area is 235 Å². The molecule has 0 bridgehead atoms. The van der Waals surface area contributed by atoms with Crippen LogP contribution in [0.4, 0.5) is 17.1 Å². The summed E-state index contributed by atoms with van der Waals surface area (Å²) in [6, 6.07) is 18.4. The van der Waals surface area contributed by atoms with Crippen molar-refractivity contribution in [2.75, 3.05) is 37.2 Å². The van der Waals surface area contributed by atoms with Crippen LogP contribution in [0.2, 0.25) is 0 Å². The van der Waals surface area contributed by atoms with E-state index in [2.05, 4.69) is 16.4 Å². The van der Waals surface area contributed by atoms with Gasteiger partial charge in [-0.15, -0.1) is 12.4 Å². The molecule has 1 amide bonds. The second-order valence-electron chi connectivity index (χ2n) is 9.10. The monoisotopic (exact) mass is 551 g/mol. The fourth-order valence-corrected chi connectivity index (χ4v) is 4.61. The minimum atomic E-state index is -1.08. The Morgan fingerprint density at radius 1 is 0.974 bits per heavy atom. The quantitative estimate of drug-likeness (QED) is 0.249.